The standard InChI is InChI=1S/C21H29N5O/c1-13(2)11-16-14-7-5-6-8-15(14)17-18-19(27-21(17)25-16)20(24-12-23-18)22-9-10-26(3)4/h12-13H,5-11H2,1-4H3,(H,22,23,24). The van der Waals surface area contributed by atoms with Crippen LogP contribution in [0.1, 0.15) is 43.5 Å². The van der Waals surface area contributed by atoms with E-state index >= 15 is 0 Å². The lowest BCUT2D eigenvalue weighted by Crippen LogP contribution is -2.21. The number of anilines is 1. The van der Waals surface area contributed by atoms with E-state index in [2.05, 4.69) is 48.1 Å². The summed E-state index contributed by atoms with van der Waals surface area (Å²) in [5, 5.41) is 4.49. The second-order valence-electron chi connectivity index (χ2n) is 8.23. The van der Waals surface area contributed by atoms with Crippen LogP contribution in [0, 0.1) is 5.92 Å². The molecular formula is C21H29N5O. The number of aryl methyl sites for hydroxylation is 1. The number of fused-ring (bicyclic) bond motifs is 5. The van der Waals surface area contributed by atoms with E-state index in [1.807, 2.05) is 0 Å². The highest BCUT2D eigenvalue weighted by Crippen LogP contribution is 2.37. The van der Waals surface area contributed by atoms with Crippen LogP contribution in [-0.2, 0) is 19.3 Å². The van der Waals surface area contributed by atoms with Crippen molar-refractivity contribution in [1.82, 2.24) is 19.9 Å². The molecule has 0 radical (unpaired) electrons. The molecule has 3 aromatic rings. The molecule has 0 aromatic carbocycles. The fraction of sp³-hybridized carbons (Fsp3) is 0.571. The Kier molecular flexibility index (Phi) is 5.00. The van der Waals surface area contributed by atoms with Crippen LogP contribution >= 0.6 is 0 Å². The first kappa shape index (κ1) is 18.2. The first-order valence-electron chi connectivity index (χ1n) is 10.0. The Balaban J connectivity index is 1.85. The zero-order valence-electron chi connectivity index (χ0n) is 16.8. The number of likely N-dealkylation sites (N-methyl/N-ethyl adjacent to an activating group) is 1. The van der Waals surface area contributed by atoms with Crippen LogP contribution in [0.3, 0.4) is 0 Å². The molecule has 0 unspecified atom stereocenters. The summed E-state index contributed by atoms with van der Waals surface area (Å²) in [7, 11) is 4.12. The Morgan fingerprint density at radius 1 is 1.15 bits per heavy atom. The number of furan rings is 1. The molecule has 27 heavy (non-hydrogen) atoms. The van der Waals surface area contributed by atoms with Gasteiger partial charge in [0.15, 0.2) is 11.4 Å². The minimum atomic E-state index is 0.577. The topological polar surface area (TPSA) is 67.1 Å². The number of nitrogens with one attached hydrogen (secondary N) is 1. The van der Waals surface area contributed by atoms with Gasteiger partial charge < -0.3 is 14.6 Å². The van der Waals surface area contributed by atoms with Gasteiger partial charge in [0, 0.05) is 18.8 Å². The van der Waals surface area contributed by atoms with Crippen LogP contribution < -0.4 is 5.32 Å². The Labute approximate surface area is 160 Å². The van der Waals surface area contributed by atoms with Crippen molar-refractivity contribution in [3.8, 4) is 0 Å². The molecule has 1 aliphatic carbocycles. The second-order valence-corrected chi connectivity index (χ2v) is 8.23. The van der Waals surface area contributed by atoms with Gasteiger partial charge in [0.25, 0.3) is 0 Å². The monoisotopic (exact) mass is 367 g/mol. The lowest BCUT2D eigenvalue weighted by atomic mass is 9.87. The third-order valence-electron chi connectivity index (χ3n) is 5.26. The first-order valence-corrected chi connectivity index (χ1v) is 10.0. The summed E-state index contributed by atoms with van der Waals surface area (Å²) in [6.07, 6.45) is 7.29. The predicted molar refractivity (Wildman–Crippen MR) is 109 cm³/mol. The molecular weight excluding hydrogens is 338 g/mol. The van der Waals surface area contributed by atoms with Crippen molar-refractivity contribution in [2.24, 2.45) is 5.92 Å². The molecule has 0 bridgehead atoms. The van der Waals surface area contributed by atoms with Crippen molar-refractivity contribution in [2.45, 2.75) is 46.0 Å². The second kappa shape index (κ2) is 7.43. The highest BCUT2D eigenvalue weighted by Gasteiger charge is 2.24. The minimum Gasteiger partial charge on any atom is -0.432 e. The lowest BCUT2D eigenvalue weighted by Gasteiger charge is -2.20. The highest BCUT2D eigenvalue weighted by atomic mass is 16.3. The molecule has 0 atom stereocenters. The van der Waals surface area contributed by atoms with Gasteiger partial charge in [0.05, 0.1) is 5.39 Å². The number of hydrogen-bond acceptors (Lipinski definition) is 6. The van der Waals surface area contributed by atoms with E-state index in [0.29, 0.717) is 5.92 Å². The molecule has 1 aliphatic rings. The average Bonchev–Trinajstić information content (AvgIpc) is 3.00. The smallest absolute Gasteiger partial charge is 0.229 e. The van der Waals surface area contributed by atoms with Crippen molar-refractivity contribution >= 4 is 28.0 Å². The fourth-order valence-corrected chi connectivity index (χ4v) is 4.02. The number of pyridine rings is 1. The molecule has 0 aliphatic heterocycles. The fourth-order valence-electron chi connectivity index (χ4n) is 4.02. The molecule has 1 N–H and O–H groups in total. The van der Waals surface area contributed by atoms with Crippen molar-refractivity contribution < 1.29 is 4.42 Å². The first-order chi connectivity index (χ1) is 13.0. The molecule has 6 nitrogen and oxygen atoms in total. The highest BCUT2D eigenvalue weighted by molar-refractivity contribution is 6.06. The summed E-state index contributed by atoms with van der Waals surface area (Å²) in [6.45, 7) is 6.23. The van der Waals surface area contributed by atoms with E-state index in [4.69, 9.17) is 9.40 Å². The number of hydrogen-bond donors (Lipinski definition) is 1. The van der Waals surface area contributed by atoms with Gasteiger partial charge in [-0.25, -0.2) is 15.0 Å². The normalized spacial score (nSPS) is 14.4. The van der Waals surface area contributed by atoms with Crippen LogP contribution in [0.4, 0.5) is 5.82 Å². The van der Waals surface area contributed by atoms with Gasteiger partial charge in [0.2, 0.25) is 5.71 Å². The third kappa shape index (κ3) is 3.50. The molecule has 0 amide bonds. The Morgan fingerprint density at radius 3 is 2.67 bits per heavy atom. The number of nitrogens with zero attached hydrogens (tertiary/aromatic N) is 4. The summed E-state index contributed by atoms with van der Waals surface area (Å²) in [5.41, 5.74) is 6.39. The van der Waals surface area contributed by atoms with Crippen LogP contribution in [0.25, 0.3) is 22.2 Å². The summed E-state index contributed by atoms with van der Waals surface area (Å²) in [6, 6.07) is 0. The van der Waals surface area contributed by atoms with Crippen LogP contribution in [0.15, 0.2) is 10.7 Å². The van der Waals surface area contributed by atoms with Crippen LogP contribution in [0.2, 0.25) is 0 Å². The van der Waals surface area contributed by atoms with Crippen LogP contribution in [0.5, 0.6) is 0 Å². The number of aromatic nitrogens is 3. The van der Waals surface area contributed by atoms with Crippen LogP contribution in [-0.4, -0.2) is 47.0 Å². The molecule has 0 spiro atoms. The predicted octanol–water partition coefficient (Wildman–Crippen LogP) is 3.82. The van der Waals surface area contributed by atoms with E-state index in [9.17, 15) is 0 Å². The lowest BCUT2D eigenvalue weighted by molar-refractivity contribution is 0.425. The average molecular weight is 367 g/mol. The maximum absolute atomic E-state index is 6.22. The van der Waals surface area contributed by atoms with E-state index in [1.54, 1.807) is 6.33 Å². The van der Waals surface area contributed by atoms with Crippen molar-refractivity contribution in [3.63, 3.8) is 0 Å². The minimum absolute atomic E-state index is 0.577. The van der Waals surface area contributed by atoms with Crippen molar-refractivity contribution in [1.29, 1.82) is 0 Å². The SMILES string of the molecule is CC(C)Cc1nc2oc3c(NCCN(C)C)ncnc3c2c2c1CCCC2. The largest absolute Gasteiger partial charge is 0.432 e. The molecule has 0 fully saturated rings. The van der Waals surface area contributed by atoms with Gasteiger partial charge in [-0.2, -0.15) is 0 Å². The van der Waals surface area contributed by atoms with Crippen molar-refractivity contribution in [2.75, 3.05) is 32.5 Å². The van der Waals surface area contributed by atoms with E-state index in [-0.39, 0.29) is 0 Å². The maximum atomic E-state index is 6.22. The molecule has 0 saturated carbocycles. The zero-order valence-corrected chi connectivity index (χ0v) is 16.8. The molecule has 4 rings (SSSR count). The Bertz CT molecular complexity index is 960. The van der Waals surface area contributed by atoms with E-state index in [0.717, 1.165) is 60.4 Å². The third-order valence-corrected chi connectivity index (χ3v) is 5.26. The van der Waals surface area contributed by atoms with Gasteiger partial charge in [-0.3, -0.25) is 0 Å². The van der Waals surface area contributed by atoms with Gasteiger partial charge in [0.1, 0.15) is 11.8 Å². The van der Waals surface area contributed by atoms with Gasteiger partial charge >= 0.3 is 0 Å². The maximum Gasteiger partial charge on any atom is 0.229 e. The summed E-state index contributed by atoms with van der Waals surface area (Å²) in [4.78, 5) is 16.1. The molecule has 3 heterocycles. The Hall–Kier alpha value is -2.21. The number of rotatable bonds is 6. The zero-order chi connectivity index (χ0) is 19.0. The Morgan fingerprint density at radius 2 is 1.93 bits per heavy atom. The summed E-state index contributed by atoms with van der Waals surface area (Å²) >= 11 is 0. The quantitative estimate of drug-likeness (QED) is 0.714. The van der Waals surface area contributed by atoms with E-state index in [1.165, 1.54) is 29.7 Å². The van der Waals surface area contributed by atoms with Gasteiger partial charge in [-0.05, 0) is 63.2 Å². The molecule has 6 heteroatoms. The van der Waals surface area contributed by atoms with Gasteiger partial charge in [-0.1, -0.05) is 13.8 Å². The summed E-state index contributed by atoms with van der Waals surface area (Å²) in [5.74, 6) is 1.34. The molecule has 144 valence electrons. The van der Waals surface area contributed by atoms with Crippen molar-refractivity contribution in [3.05, 3.63) is 23.1 Å². The van der Waals surface area contributed by atoms with Gasteiger partial charge in [-0.15, -0.1) is 0 Å². The van der Waals surface area contributed by atoms with E-state index < -0.39 is 0 Å². The summed E-state index contributed by atoms with van der Waals surface area (Å²) < 4.78 is 6.22. The molecule has 3 aromatic heterocycles. The molecule has 0 saturated heterocycles.